The van der Waals surface area contributed by atoms with Crippen LogP contribution in [0.25, 0.3) is 0 Å². The van der Waals surface area contributed by atoms with Gasteiger partial charge in [0, 0.05) is 0 Å². The fourth-order valence-corrected chi connectivity index (χ4v) is 1.00. The smallest absolute Gasteiger partial charge is 0.165 e. The fourth-order valence-electron chi connectivity index (χ4n) is 1.00. The quantitative estimate of drug-likeness (QED) is 0.616. The summed E-state index contributed by atoms with van der Waals surface area (Å²) in [7, 11) is 0. The highest BCUT2D eigenvalue weighted by atomic mass is 19.1. The molecule has 3 heteroatoms. The number of halogens is 1. The first kappa shape index (κ1) is 8.11. The first-order chi connectivity index (χ1) is 5.15. The molecule has 0 bridgehead atoms. The van der Waals surface area contributed by atoms with Crippen molar-refractivity contribution in [1.29, 1.82) is 0 Å². The second-order valence-electron chi connectivity index (χ2n) is 2.47. The van der Waals surface area contributed by atoms with E-state index in [1.807, 2.05) is 6.92 Å². The molecule has 1 aromatic rings. The van der Waals surface area contributed by atoms with Gasteiger partial charge in [-0.2, -0.15) is 0 Å². The molecule has 0 fully saturated rings. The summed E-state index contributed by atoms with van der Waals surface area (Å²) in [6, 6.07) is 0. The molecule has 1 heterocycles. The van der Waals surface area contributed by atoms with Gasteiger partial charge in [-0.3, -0.25) is 0 Å². The Bertz CT molecular complexity index is 271. The average Bonchev–Trinajstić information content (AvgIpc) is 1.96. The highest BCUT2D eigenvalue weighted by molar-refractivity contribution is 5.12. The van der Waals surface area contributed by atoms with Crippen molar-refractivity contribution in [2.24, 2.45) is 0 Å². The number of hydrogen-bond acceptors (Lipinski definition) is 2. The lowest BCUT2D eigenvalue weighted by Crippen LogP contribution is -2.01. The van der Waals surface area contributed by atoms with Gasteiger partial charge in [0.2, 0.25) is 0 Å². The van der Waals surface area contributed by atoms with Crippen molar-refractivity contribution < 1.29 is 4.39 Å². The van der Waals surface area contributed by atoms with Crippen LogP contribution in [0.4, 0.5) is 4.39 Å². The van der Waals surface area contributed by atoms with Gasteiger partial charge in [0.25, 0.3) is 0 Å². The summed E-state index contributed by atoms with van der Waals surface area (Å²) in [6.45, 7) is 5.30. The molecule has 0 aliphatic heterocycles. The Hall–Kier alpha value is -0.990. The Kier molecular flexibility index (Phi) is 2.17. The summed E-state index contributed by atoms with van der Waals surface area (Å²) in [4.78, 5) is 7.86. The van der Waals surface area contributed by atoms with Gasteiger partial charge in [-0.15, -0.1) is 0 Å². The normalized spacial score (nSPS) is 10.2. The molecule has 0 unspecified atom stereocenters. The van der Waals surface area contributed by atoms with Crippen molar-refractivity contribution in [3.8, 4) is 0 Å². The van der Waals surface area contributed by atoms with E-state index in [1.54, 1.807) is 13.8 Å². The van der Waals surface area contributed by atoms with E-state index in [1.165, 1.54) is 0 Å². The highest BCUT2D eigenvalue weighted by Crippen LogP contribution is 2.08. The molecular weight excluding hydrogens is 143 g/mol. The molecule has 60 valence electrons. The van der Waals surface area contributed by atoms with Crippen molar-refractivity contribution in [3.05, 3.63) is 23.0 Å². The second kappa shape index (κ2) is 2.95. The molecule has 0 N–H and O–H groups in total. The summed E-state index contributed by atoms with van der Waals surface area (Å²) in [6.07, 6.45) is 0.621. The number of aromatic nitrogens is 2. The number of nitrogens with zero attached hydrogens (tertiary/aromatic N) is 2. The highest BCUT2D eigenvalue weighted by Gasteiger charge is 2.06. The van der Waals surface area contributed by atoms with Crippen molar-refractivity contribution in [1.82, 2.24) is 9.97 Å². The third kappa shape index (κ3) is 1.53. The minimum atomic E-state index is -0.266. The average molecular weight is 154 g/mol. The third-order valence-corrected chi connectivity index (χ3v) is 1.53. The lowest BCUT2D eigenvalue weighted by molar-refractivity contribution is 0.578. The van der Waals surface area contributed by atoms with Crippen LogP contribution in [0.2, 0.25) is 0 Å². The molecule has 0 saturated heterocycles. The van der Waals surface area contributed by atoms with E-state index >= 15 is 0 Å². The van der Waals surface area contributed by atoms with Crippen LogP contribution in [-0.2, 0) is 6.42 Å². The first-order valence-electron chi connectivity index (χ1n) is 3.64. The van der Waals surface area contributed by atoms with E-state index in [2.05, 4.69) is 9.97 Å². The predicted octanol–water partition coefficient (Wildman–Crippen LogP) is 1.79. The van der Waals surface area contributed by atoms with Gasteiger partial charge in [-0.05, 0) is 20.3 Å². The Morgan fingerprint density at radius 1 is 1.27 bits per heavy atom. The maximum atomic E-state index is 13.1. The van der Waals surface area contributed by atoms with Crippen LogP contribution in [0, 0.1) is 19.7 Å². The molecule has 0 spiro atoms. The van der Waals surface area contributed by atoms with Gasteiger partial charge in [0.1, 0.15) is 5.82 Å². The van der Waals surface area contributed by atoms with E-state index in [-0.39, 0.29) is 5.82 Å². The maximum absolute atomic E-state index is 13.1. The van der Waals surface area contributed by atoms with Gasteiger partial charge in [-0.25, -0.2) is 14.4 Å². The van der Waals surface area contributed by atoms with E-state index in [9.17, 15) is 4.39 Å². The Morgan fingerprint density at radius 2 is 1.91 bits per heavy atom. The predicted molar refractivity (Wildman–Crippen MR) is 40.8 cm³/mol. The van der Waals surface area contributed by atoms with Crippen molar-refractivity contribution in [2.75, 3.05) is 0 Å². The van der Waals surface area contributed by atoms with Crippen LogP contribution < -0.4 is 0 Å². The number of aryl methyl sites for hydroxylation is 3. The largest absolute Gasteiger partial charge is 0.235 e. The lowest BCUT2D eigenvalue weighted by atomic mass is 10.2. The topological polar surface area (TPSA) is 25.8 Å². The van der Waals surface area contributed by atoms with Gasteiger partial charge in [0.15, 0.2) is 5.82 Å². The Morgan fingerprint density at radius 3 is 2.45 bits per heavy atom. The minimum absolute atomic E-state index is 0.266. The zero-order valence-corrected chi connectivity index (χ0v) is 6.98. The van der Waals surface area contributed by atoms with E-state index in [4.69, 9.17) is 0 Å². The van der Waals surface area contributed by atoms with Crippen LogP contribution >= 0.6 is 0 Å². The van der Waals surface area contributed by atoms with Crippen LogP contribution in [0.1, 0.15) is 24.1 Å². The van der Waals surface area contributed by atoms with Crippen molar-refractivity contribution >= 4 is 0 Å². The summed E-state index contributed by atoms with van der Waals surface area (Å²) in [5.74, 6) is 0.374. The molecule has 0 atom stereocenters. The summed E-state index contributed by atoms with van der Waals surface area (Å²) < 4.78 is 13.1. The summed E-state index contributed by atoms with van der Waals surface area (Å²) in [5.41, 5.74) is 0.948. The van der Waals surface area contributed by atoms with Crippen molar-refractivity contribution in [3.63, 3.8) is 0 Å². The maximum Gasteiger partial charge on any atom is 0.165 e. The van der Waals surface area contributed by atoms with Crippen molar-refractivity contribution in [2.45, 2.75) is 27.2 Å². The molecule has 0 aliphatic carbocycles. The molecule has 0 saturated carbocycles. The van der Waals surface area contributed by atoms with Gasteiger partial charge < -0.3 is 0 Å². The number of rotatable bonds is 1. The summed E-state index contributed by atoms with van der Waals surface area (Å²) >= 11 is 0. The molecule has 0 radical (unpaired) electrons. The fraction of sp³-hybridized carbons (Fsp3) is 0.500. The molecule has 0 aliphatic rings. The van der Waals surface area contributed by atoms with Crippen LogP contribution in [0.3, 0.4) is 0 Å². The van der Waals surface area contributed by atoms with E-state index in [0.717, 1.165) is 0 Å². The summed E-state index contributed by atoms with van der Waals surface area (Å²) in [5, 5.41) is 0. The third-order valence-electron chi connectivity index (χ3n) is 1.53. The molecule has 0 aromatic carbocycles. The zero-order chi connectivity index (χ0) is 8.43. The first-order valence-corrected chi connectivity index (χ1v) is 3.64. The van der Waals surface area contributed by atoms with Gasteiger partial charge in [-0.1, -0.05) is 6.92 Å². The van der Waals surface area contributed by atoms with Gasteiger partial charge >= 0.3 is 0 Å². The molecule has 1 aromatic heterocycles. The zero-order valence-electron chi connectivity index (χ0n) is 6.98. The molecule has 0 amide bonds. The minimum Gasteiger partial charge on any atom is -0.235 e. The Labute approximate surface area is 65.5 Å². The number of hydrogen-bond donors (Lipinski definition) is 0. The van der Waals surface area contributed by atoms with Crippen LogP contribution in [0.15, 0.2) is 0 Å². The monoisotopic (exact) mass is 154 g/mol. The standard InChI is InChI=1S/C8H11FN2/c1-4-7-8(9)5(2)10-6(3)11-7/h4H2,1-3H3. The van der Waals surface area contributed by atoms with Crippen LogP contribution in [0.5, 0.6) is 0 Å². The Balaban J connectivity index is 3.24. The van der Waals surface area contributed by atoms with E-state index in [0.29, 0.717) is 23.6 Å². The van der Waals surface area contributed by atoms with Crippen LogP contribution in [-0.4, -0.2) is 9.97 Å². The molecule has 11 heavy (non-hydrogen) atoms. The molecule has 1 rings (SSSR count). The SMILES string of the molecule is CCc1nc(C)nc(C)c1F. The molecule has 2 nitrogen and oxygen atoms in total. The van der Waals surface area contributed by atoms with Gasteiger partial charge in [0.05, 0.1) is 11.4 Å². The molecular formula is C8H11FN2. The second-order valence-corrected chi connectivity index (χ2v) is 2.47. The lowest BCUT2D eigenvalue weighted by Gasteiger charge is -2.02. The van der Waals surface area contributed by atoms with E-state index < -0.39 is 0 Å².